The number of nitrogens with one attached hydrogen (secondary N) is 1. The first-order valence-electron chi connectivity index (χ1n) is 8.53. The molecule has 0 radical (unpaired) electrons. The fourth-order valence-corrected chi connectivity index (χ4v) is 3.49. The molecular weight excluding hydrogens is 354 g/mol. The fourth-order valence-electron chi connectivity index (χ4n) is 2.56. The van der Waals surface area contributed by atoms with Gasteiger partial charge in [-0.3, -0.25) is 14.9 Å². The van der Waals surface area contributed by atoms with Crippen molar-refractivity contribution in [3.05, 3.63) is 40.2 Å². The molecule has 1 saturated carbocycles. The number of carbonyl (C=O) groups is 1. The topological polar surface area (TPSA) is 103 Å². The molecule has 0 bridgehead atoms. The van der Waals surface area contributed by atoms with Gasteiger partial charge in [-0.1, -0.05) is 25.6 Å². The van der Waals surface area contributed by atoms with Crippen LogP contribution in [0.5, 0.6) is 0 Å². The van der Waals surface area contributed by atoms with Gasteiger partial charge in [0.25, 0.3) is 5.69 Å². The molecule has 0 saturated heterocycles. The zero-order valence-corrected chi connectivity index (χ0v) is 15.7. The van der Waals surface area contributed by atoms with E-state index >= 15 is 0 Å². The van der Waals surface area contributed by atoms with Crippen LogP contribution in [-0.2, 0) is 4.79 Å². The summed E-state index contributed by atoms with van der Waals surface area (Å²) in [6.45, 7) is 5.98. The maximum absolute atomic E-state index is 12.4. The maximum Gasteiger partial charge on any atom is 0.269 e. The molecule has 1 fully saturated rings. The monoisotopic (exact) mass is 375 g/mol. The predicted molar refractivity (Wildman–Crippen MR) is 99.4 cm³/mol. The van der Waals surface area contributed by atoms with Gasteiger partial charge in [0, 0.05) is 29.8 Å². The Morgan fingerprint density at radius 3 is 2.46 bits per heavy atom. The molecule has 1 aliphatic carbocycles. The van der Waals surface area contributed by atoms with E-state index in [1.807, 2.05) is 6.92 Å². The summed E-state index contributed by atoms with van der Waals surface area (Å²) in [7, 11) is 0. The van der Waals surface area contributed by atoms with E-state index in [2.05, 4.69) is 33.9 Å². The second-order valence-corrected chi connectivity index (χ2v) is 7.96. The highest BCUT2D eigenvalue weighted by atomic mass is 32.2. The lowest BCUT2D eigenvalue weighted by Crippen LogP contribution is -2.23. The first kappa shape index (κ1) is 18.4. The number of nitro groups is 1. The molecule has 1 atom stereocenters. The standard InChI is InChI=1S/C17H21N5O3S/c1-10(2)15-19-20-17(21(15)13-8-9-13)26-11(3)16(23)18-12-4-6-14(7-5-12)22(24)25/h4-7,10-11,13H,8-9H2,1-3H3,(H,18,23). The first-order valence-corrected chi connectivity index (χ1v) is 9.41. The molecule has 1 aromatic carbocycles. The van der Waals surface area contributed by atoms with Crippen molar-refractivity contribution in [1.82, 2.24) is 14.8 Å². The highest BCUT2D eigenvalue weighted by Crippen LogP contribution is 2.40. The van der Waals surface area contributed by atoms with Crippen LogP contribution in [0.15, 0.2) is 29.4 Å². The molecule has 0 aliphatic heterocycles. The van der Waals surface area contributed by atoms with E-state index in [1.165, 1.54) is 36.0 Å². The number of non-ortho nitro benzene ring substituents is 1. The van der Waals surface area contributed by atoms with E-state index in [0.29, 0.717) is 11.7 Å². The Balaban J connectivity index is 1.67. The van der Waals surface area contributed by atoms with Crippen molar-refractivity contribution >= 4 is 29.0 Å². The number of amides is 1. The molecule has 3 rings (SSSR count). The Morgan fingerprint density at radius 1 is 1.27 bits per heavy atom. The third kappa shape index (κ3) is 4.04. The van der Waals surface area contributed by atoms with Gasteiger partial charge in [-0.05, 0) is 31.9 Å². The van der Waals surface area contributed by atoms with Crippen LogP contribution in [0.2, 0.25) is 0 Å². The lowest BCUT2D eigenvalue weighted by molar-refractivity contribution is -0.384. The predicted octanol–water partition coefficient (Wildman–Crippen LogP) is 3.76. The summed E-state index contributed by atoms with van der Waals surface area (Å²) in [6.07, 6.45) is 2.24. The third-order valence-corrected chi connectivity index (χ3v) is 5.17. The Labute approximate surface area is 155 Å². The summed E-state index contributed by atoms with van der Waals surface area (Å²) >= 11 is 1.38. The molecular formula is C17H21N5O3S. The van der Waals surface area contributed by atoms with Crippen LogP contribution in [0.1, 0.15) is 51.4 Å². The molecule has 2 aromatic rings. The quantitative estimate of drug-likeness (QED) is 0.449. The van der Waals surface area contributed by atoms with Gasteiger partial charge in [0.15, 0.2) is 5.16 Å². The summed E-state index contributed by atoms with van der Waals surface area (Å²) in [4.78, 5) is 22.7. The van der Waals surface area contributed by atoms with Crippen LogP contribution in [0.3, 0.4) is 0 Å². The zero-order valence-electron chi connectivity index (χ0n) is 14.9. The number of aromatic nitrogens is 3. The van der Waals surface area contributed by atoms with Gasteiger partial charge < -0.3 is 9.88 Å². The number of nitro benzene ring substituents is 1. The van der Waals surface area contributed by atoms with Crippen molar-refractivity contribution in [3.8, 4) is 0 Å². The molecule has 8 nitrogen and oxygen atoms in total. The van der Waals surface area contributed by atoms with Gasteiger partial charge in [0.1, 0.15) is 5.82 Å². The molecule has 1 unspecified atom stereocenters. The van der Waals surface area contributed by atoms with Crippen LogP contribution in [0, 0.1) is 10.1 Å². The van der Waals surface area contributed by atoms with E-state index in [1.54, 1.807) is 0 Å². The molecule has 0 spiro atoms. The molecule has 1 N–H and O–H groups in total. The molecule has 1 amide bonds. The number of rotatable bonds is 7. The number of anilines is 1. The molecule has 1 aliphatic rings. The van der Waals surface area contributed by atoms with Crippen molar-refractivity contribution in [3.63, 3.8) is 0 Å². The van der Waals surface area contributed by atoms with Crippen LogP contribution < -0.4 is 5.32 Å². The Hall–Kier alpha value is -2.42. The first-order chi connectivity index (χ1) is 12.4. The number of thioether (sulfide) groups is 1. The number of hydrogen-bond acceptors (Lipinski definition) is 6. The smallest absolute Gasteiger partial charge is 0.269 e. The number of carbonyl (C=O) groups excluding carboxylic acids is 1. The van der Waals surface area contributed by atoms with Gasteiger partial charge >= 0.3 is 0 Å². The SMILES string of the molecule is CC(Sc1nnc(C(C)C)n1C1CC1)C(=O)Nc1ccc([N+](=O)[O-])cc1. The summed E-state index contributed by atoms with van der Waals surface area (Å²) in [5, 5.41) is 22.4. The van der Waals surface area contributed by atoms with Crippen LogP contribution in [0.4, 0.5) is 11.4 Å². The Morgan fingerprint density at radius 2 is 1.92 bits per heavy atom. The van der Waals surface area contributed by atoms with Crippen LogP contribution >= 0.6 is 11.8 Å². The van der Waals surface area contributed by atoms with Crippen LogP contribution in [0.25, 0.3) is 0 Å². The molecule has 9 heteroatoms. The Bertz CT molecular complexity index is 814. The highest BCUT2D eigenvalue weighted by molar-refractivity contribution is 8.00. The van der Waals surface area contributed by atoms with Crippen molar-refractivity contribution in [2.75, 3.05) is 5.32 Å². The second kappa shape index (κ2) is 7.45. The van der Waals surface area contributed by atoms with Crippen molar-refractivity contribution in [2.24, 2.45) is 0 Å². The molecule has 138 valence electrons. The second-order valence-electron chi connectivity index (χ2n) is 6.65. The minimum Gasteiger partial charge on any atom is -0.325 e. The highest BCUT2D eigenvalue weighted by Gasteiger charge is 2.31. The van der Waals surface area contributed by atoms with Crippen molar-refractivity contribution in [1.29, 1.82) is 0 Å². The summed E-state index contributed by atoms with van der Waals surface area (Å²) in [6, 6.07) is 6.22. The van der Waals surface area contributed by atoms with Gasteiger partial charge in [-0.15, -0.1) is 10.2 Å². The maximum atomic E-state index is 12.4. The van der Waals surface area contributed by atoms with Gasteiger partial charge in [-0.25, -0.2) is 0 Å². The van der Waals surface area contributed by atoms with E-state index in [9.17, 15) is 14.9 Å². The number of benzene rings is 1. The minimum absolute atomic E-state index is 0.0100. The normalized spacial score (nSPS) is 15.1. The largest absolute Gasteiger partial charge is 0.325 e. The summed E-state index contributed by atoms with van der Waals surface area (Å²) in [5.74, 6) is 1.06. The van der Waals surface area contributed by atoms with E-state index in [0.717, 1.165) is 23.8 Å². The number of hydrogen-bond donors (Lipinski definition) is 1. The van der Waals surface area contributed by atoms with Gasteiger partial charge in [-0.2, -0.15) is 0 Å². The Kier molecular flexibility index (Phi) is 5.26. The number of nitrogens with zero attached hydrogens (tertiary/aromatic N) is 4. The van der Waals surface area contributed by atoms with Crippen molar-refractivity contribution < 1.29 is 9.72 Å². The zero-order chi connectivity index (χ0) is 18.8. The van der Waals surface area contributed by atoms with Gasteiger partial charge in [0.2, 0.25) is 5.91 Å². The summed E-state index contributed by atoms with van der Waals surface area (Å²) in [5.41, 5.74) is 0.517. The van der Waals surface area contributed by atoms with E-state index in [4.69, 9.17) is 0 Å². The fraction of sp³-hybridized carbons (Fsp3) is 0.471. The van der Waals surface area contributed by atoms with E-state index in [-0.39, 0.29) is 22.8 Å². The average Bonchev–Trinajstić information content (AvgIpc) is 3.35. The van der Waals surface area contributed by atoms with Gasteiger partial charge in [0.05, 0.1) is 10.2 Å². The molecule has 26 heavy (non-hydrogen) atoms. The summed E-state index contributed by atoms with van der Waals surface area (Å²) < 4.78 is 2.16. The molecule has 1 aromatic heterocycles. The lowest BCUT2D eigenvalue weighted by atomic mass is 10.2. The van der Waals surface area contributed by atoms with Crippen LogP contribution in [-0.4, -0.2) is 30.8 Å². The lowest BCUT2D eigenvalue weighted by Gasteiger charge is -2.14. The minimum atomic E-state index is -0.471. The average molecular weight is 375 g/mol. The van der Waals surface area contributed by atoms with E-state index < -0.39 is 4.92 Å². The third-order valence-electron chi connectivity index (χ3n) is 4.12. The molecule has 1 heterocycles. The van der Waals surface area contributed by atoms with Crippen molar-refractivity contribution in [2.45, 2.75) is 56.0 Å².